The van der Waals surface area contributed by atoms with E-state index < -0.39 is 67.3 Å². The van der Waals surface area contributed by atoms with E-state index in [9.17, 15) is 34.5 Å². The normalized spacial score (nSPS) is 18.4. The predicted molar refractivity (Wildman–Crippen MR) is 321 cm³/mol. The monoisotopic (exact) mass is 1110 g/mol. The van der Waals surface area contributed by atoms with Crippen LogP contribution in [-0.2, 0) is 42.9 Å². The van der Waals surface area contributed by atoms with Gasteiger partial charge in [0.15, 0.2) is 24.6 Å². The molecule has 12 nitrogen and oxygen atoms in total. The fourth-order valence-electron chi connectivity index (χ4n) is 9.14. The molecule has 1 saturated heterocycles. The quantitative estimate of drug-likeness (QED) is 0.0228. The van der Waals surface area contributed by atoms with Gasteiger partial charge in [-0.3, -0.25) is 14.4 Å². The molecule has 0 radical (unpaired) electrons. The Balaban J connectivity index is 2.70. The molecule has 1 heterocycles. The Morgan fingerprint density at radius 3 is 1.28 bits per heavy atom. The van der Waals surface area contributed by atoms with Crippen molar-refractivity contribution in [2.75, 3.05) is 13.2 Å². The maximum Gasteiger partial charge on any atom is 0.335 e. The van der Waals surface area contributed by atoms with Gasteiger partial charge in [-0.1, -0.05) is 241 Å². The van der Waals surface area contributed by atoms with Crippen LogP contribution in [0.2, 0.25) is 0 Å². The molecule has 1 aliphatic rings. The molecule has 0 amide bonds. The Labute approximate surface area is 480 Å². The number of hydrogen-bond acceptors (Lipinski definition) is 11. The van der Waals surface area contributed by atoms with Crippen molar-refractivity contribution in [3.05, 3.63) is 85.1 Å². The number of aliphatic hydroxyl groups excluding tert-OH is 2. The summed E-state index contributed by atoms with van der Waals surface area (Å²) in [6, 6.07) is 0. The SMILES string of the molecule is CC/C=C\C/C=C\C/C=C\C/C=C\C/C=C\CCCC(=O)OC(COC(=O)CCCCCCCCCCC/C=C\C/C=C\CCCCC)COC1OC(C(=O)O)C(O)C(O)C1OC(=O)CCCCCCCCCCCCCCC. The number of esters is 3. The van der Waals surface area contributed by atoms with Crippen LogP contribution in [0.1, 0.15) is 265 Å². The fraction of sp³-hybridized carbons (Fsp3) is 0.731. The van der Waals surface area contributed by atoms with E-state index in [1.165, 1.54) is 109 Å². The van der Waals surface area contributed by atoms with Crippen LogP contribution in [-0.4, -0.2) is 89.2 Å². The molecule has 0 aromatic carbocycles. The summed E-state index contributed by atoms with van der Waals surface area (Å²) in [5, 5.41) is 31.5. The summed E-state index contributed by atoms with van der Waals surface area (Å²) in [5.41, 5.74) is 0. The molecule has 12 heteroatoms. The first-order valence-corrected chi connectivity index (χ1v) is 31.6. The topological polar surface area (TPSA) is 175 Å². The van der Waals surface area contributed by atoms with Crippen molar-refractivity contribution in [1.82, 2.24) is 0 Å². The largest absolute Gasteiger partial charge is 0.479 e. The van der Waals surface area contributed by atoms with E-state index in [1.54, 1.807) is 0 Å². The average molecular weight is 1110 g/mol. The molecule has 0 saturated carbocycles. The van der Waals surface area contributed by atoms with Crippen LogP contribution in [0.4, 0.5) is 0 Å². The highest BCUT2D eigenvalue weighted by molar-refractivity contribution is 5.74. The maximum absolute atomic E-state index is 13.2. The molecule has 0 aromatic heterocycles. The number of carboxylic acid groups (broad SMARTS) is 1. The zero-order valence-electron chi connectivity index (χ0n) is 49.8. The number of allylic oxidation sites excluding steroid dienone is 14. The average Bonchev–Trinajstić information content (AvgIpc) is 3.46. The minimum Gasteiger partial charge on any atom is -0.479 e. The molecule has 3 N–H and O–H groups in total. The number of ether oxygens (including phenoxy) is 5. The molecule has 1 fully saturated rings. The third-order valence-corrected chi connectivity index (χ3v) is 14.0. The smallest absolute Gasteiger partial charge is 0.335 e. The van der Waals surface area contributed by atoms with E-state index in [0.29, 0.717) is 25.7 Å². The van der Waals surface area contributed by atoms with Gasteiger partial charge < -0.3 is 39.0 Å². The Kier molecular flexibility index (Phi) is 50.3. The number of carbonyl (C=O) groups is 4. The molecule has 1 rings (SSSR count). The van der Waals surface area contributed by atoms with Crippen molar-refractivity contribution >= 4 is 23.9 Å². The summed E-state index contributed by atoms with van der Waals surface area (Å²) in [6.45, 7) is 5.82. The molecule has 0 aromatic rings. The summed E-state index contributed by atoms with van der Waals surface area (Å²) in [5.74, 6) is -3.20. The highest BCUT2D eigenvalue weighted by Gasteiger charge is 2.50. The first-order chi connectivity index (χ1) is 38.6. The zero-order chi connectivity index (χ0) is 57.5. The minimum atomic E-state index is -1.91. The molecule has 0 aliphatic carbocycles. The van der Waals surface area contributed by atoms with Crippen LogP contribution in [0.5, 0.6) is 0 Å². The van der Waals surface area contributed by atoms with Crippen LogP contribution in [0, 0.1) is 0 Å². The molecule has 6 atom stereocenters. The van der Waals surface area contributed by atoms with Gasteiger partial charge in [-0.05, 0) is 89.9 Å². The van der Waals surface area contributed by atoms with Crippen LogP contribution in [0.15, 0.2) is 85.1 Å². The molecular weight excluding hydrogens is 997 g/mol. The van der Waals surface area contributed by atoms with Crippen molar-refractivity contribution in [2.24, 2.45) is 0 Å². The Bertz CT molecular complexity index is 1700. The second kappa shape index (κ2) is 54.5. The van der Waals surface area contributed by atoms with Gasteiger partial charge in [-0.25, -0.2) is 4.79 Å². The minimum absolute atomic E-state index is 0.0538. The standard InChI is InChI=1S/C67H112O12/c1-4-7-10-13-16-19-22-25-27-29-30-32-33-36-38-41-44-47-50-53-59(68)75-56-58(77-60(69)54-51-48-45-42-40-37-34-31-28-26-23-20-17-14-11-8-5-2)57-76-67-65(63(72)62(71)64(79-67)66(73)74)78-61(70)55-52-49-46-43-39-35-24-21-18-15-12-9-6-3/h8,11,16-17,19-20,25-28,34,37,42,45,58,62-65,67,71-72H,4-7,9-10,12-15,18,21-24,29-33,35-36,38-41,43-44,46-57H2,1-3H3,(H,73,74)/b11-8-,19-16-,20-17-,27-25-,28-26-,37-34-,45-42-. The maximum atomic E-state index is 13.2. The summed E-state index contributed by atoms with van der Waals surface area (Å²) in [7, 11) is 0. The Morgan fingerprint density at radius 2 is 0.810 bits per heavy atom. The van der Waals surface area contributed by atoms with Crippen molar-refractivity contribution in [1.29, 1.82) is 0 Å². The van der Waals surface area contributed by atoms with E-state index >= 15 is 0 Å². The Hall–Kier alpha value is -4.10. The number of carbonyl (C=O) groups excluding carboxylic acids is 3. The van der Waals surface area contributed by atoms with Crippen molar-refractivity contribution in [3.63, 3.8) is 0 Å². The molecule has 0 spiro atoms. The van der Waals surface area contributed by atoms with E-state index in [-0.39, 0.29) is 25.9 Å². The molecule has 0 bridgehead atoms. The predicted octanol–water partition coefficient (Wildman–Crippen LogP) is 16.7. The summed E-state index contributed by atoms with van der Waals surface area (Å²) < 4.78 is 28.4. The van der Waals surface area contributed by atoms with Crippen LogP contribution in [0.3, 0.4) is 0 Å². The molecular formula is C67H112O12. The first kappa shape index (κ1) is 72.9. The van der Waals surface area contributed by atoms with Gasteiger partial charge in [-0.2, -0.15) is 0 Å². The third-order valence-electron chi connectivity index (χ3n) is 14.0. The van der Waals surface area contributed by atoms with E-state index in [0.717, 1.165) is 89.9 Å². The van der Waals surface area contributed by atoms with Gasteiger partial charge in [0.05, 0.1) is 6.61 Å². The number of unbranched alkanes of at least 4 members (excludes halogenated alkanes) is 25. The van der Waals surface area contributed by atoms with Gasteiger partial charge in [0.1, 0.15) is 18.8 Å². The van der Waals surface area contributed by atoms with Gasteiger partial charge in [0.25, 0.3) is 0 Å². The van der Waals surface area contributed by atoms with Gasteiger partial charge in [0.2, 0.25) is 0 Å². The van der Waals surface area contributed by atoms with Crippen molar-refractivity contribution in [3.8, 4) is 0 Å². The van der Waals surface area contributed by atoms with E-state index in [1.807, 2.05) is 6.08 Å². The summed E-state index contributed by atoms with van der Waals surface area (Å²) in [6.07, 6.45) is 58.4. The molecule has 452 valence electrons. The van der Waals surface area contributed by atoms with E-state index in [4.69, 9.17) is 23.7 Å². The molecule has 6 unspecified atom stereocenters. The van der Waals surface area contributed by atoms with Crippen LogP contribution < -0.4 is 0 Å². The highest BCUT2D eigenvalue weighted by atomic mass is 16.7. The number of carboxylic acids is 1. The second-order valence-electron chi connectivity index (χ2n) is 21.3. The zero-order valence-corrected chi connectivity index (χ0v) is 49.8. The number of aliphatic carboxylic acids is 1. The van der Waals surface area contributed by atoms with E-state index in [2.05, 4.69) is 99.8 Å². The highest BCUT2D eigenvalue weighted by Crippen LogP contribution is 2.26. The van der Waals surface area contributed by atoms with Crippen molar-refractivity contribution < 1.29 is 58.2 Å². The number of hydrogen-bond donors (Lipinski definition) is 3. The second-order valence-corrected chi connectivity index (χ2v) is 21.3. The summed E-state index contributed by atoms with van der Waals surface area (Å²) >= 11 is 0. The summed E-state index contributed by atoms with van der Waals surface area (Å²) in [4.78, 5) is 51.2. The van der Waals surface area contributed by atoms with Gasteiger partial charge in [-0.15, -0.1) is 0 Å². The first-order valence-electron chi connectivity index (χ1n) is 31.6. The van der Waals surface area contributed by atoms with Crippen LogP contribution in [0.25, 0.3) is 0 Å². The molecule has 1 aliphatic heterocycles. The fourth-order valence-corrected chi connectivity index (χ4v) is 9.14. The number of aliphatic hydroxyl groups is 2. The lowest BCUT2D eigenvalue weighted by atomic mass is 9.98. The van der Waals surface area contributed by atoms with Crippen molar-refractivity contribution in [2.45, 2.75) is 302 Å². The van der Waals surface area contributed by atoms with Gasteiger partial charge in [0, 0.05) is 19.3 Å². The molecule has 79 heavy (non-hydrogen) atoms. The van der Waals surface area contributed by atoms with Crippen LogP contribution >= 0.6 is 0 Å². The number of rotatable bonds is 53. The lowest BCUT2D eigenvalue weighted by Gasteiger charge is -2.40. The Morgan fingerprint density at radius 1 is 0.430 bits per heavy atom. The van der Waals surface area contributed by atoms with Gasteiger partial charge >= 0.3 is 23.9 Å². The lowest BCUT2D eigenvalue weighted by Crippen LogP contribution is -2.61. The third kappa shape index (κ3) is 44.3. The lowest BCUT2D eigenvalue weighted by molar-refractivity contribution is -0.301.